The van der Waals surface area contributed by atoms with Crippen molar-refractivity contribution < 1.29 is 9.90 Å². The van der Waals surface area contributed by atoms with Crippen LogP contribution in [0.25, 0.3) is 0 Å². The third kappa shape index (κ3) is 1.57. The summed E-state index contributed by atoms with van der Waals surface area (Å²) < 4.78 is 0. The van der Waals surface area contributed by atoms with Crippen molar-refractivity contribution in [3.8, 4) is 0 Å². The lowest BCUT2D eigenvalue weighted by molar-refractivity contribution is -0.138. The monoisotopic (exact) mass is 167 g/mol. The fraction of sp³-hybridized carbons (Fsp3) is 0.286. The van der Waals surface area contributed by atoms with Gasteiger partial charge in [0.1, 0.15) is 12.4 Å². The van der Waals surface area contributed by atoms with Crippen molar-refractivity contribution in [2.24, 2.45) is 5.73 Å². The van der Waals surface area contributed by atoms with E-state index in [1.165, 1.54) is 12.5 Å². The third-order valence-corrected chi connectivity index (χ3v) is 1.55. The summed E-state index contributed by atoms with van der Waals surface area (Å²) in [4.78, 5) is 18.0. The molecule has 0 amide bonds. The molecule has 3 N–H and O–H groups in total. The molecule has 1 unspecified atom stereocenters. The summed E-state index contributed by atoms with van der Waals surface area (Å²) in [5, 5.41) is 8.58. The lowest BCUT2D eigenvalue weighted by Gasteiger charge is -2.07. The average molecular weight is 167 g/mol. The van der Waals surface area contributed by atoms with Crippen LogP contribution >= 0.6 is 0 Å². The standard InChI is InChI=1S/C7H9N3O2/c1-4-5(2-9-3-10-4)6(8)7(11)12/h2-3,6H,8H2,1H3,(H,11,12). The molecule has 1 aromatic heterocycles. The zero-order valence-corrected chi connectivity index (χ0v) is 6.56. The van der Waals surface area contributed by atoms with Gasteiger partial charge in [-0.05, 0) is 6.92 Å². The van der Waals surface area contributed by atoms with E-state index in [2.05, 4.69) is 9.97 Å². The highest BCUT2D eigenvalue weighted by atomic mass is 16.4. The molecule has 5 nitrogen and oxygen atoms in total. The quantitative estimate of drug-likeness (QED) is 0.640. The molecule has 0 saturated heterocycles. The fourth-order valence-corrected chi connectivity index (χ4v) is 0.840. The van der Waals surface area contributed by atoms with Crippen molar-refractivity contribution in [1.82, 2.24) is 9.97 Å². The van der Waals surface area contributed by atoms with E-state index in [1.54, 1.807) is 6.92 Å². The number of hydrogen-bond acceptors (Lipinski definition) is 4. The molecule has 64 valence electrons. The van der Waals surface area contributed by atoms with Crippen molar-refractivity contribution in [3.63, 3.8) is 0 Å². The van der Waals surface area contributed by atoms with E-state index < -0.39 is 12.0 Å². The topological polar surface area (TPSA) is 89.1 Å². The lowest BCUT2D eigenvalue weighted by Crippen LogP contribution is -2.22. The molecule has 0 fully saturated rings. The van der Waals surface area contributed by atoms with Crippen molar-refractivity contribution in [2.45, 2.75) is 13.0 Å². The largest absolute Gasteiger partial charge is 0.480 e. The minimum Gasteiger partial charge on any atom is -0.480 e. The summed E-state index contributed by atoms with van der Waals surface area (Å²) >= 11 is 0. The predicted molar refractivity (Wildman–Crippen MR) is 41.3 cm³/mol. The number of aromatic nitrogens is 2. The molecule has 0 spiro atoms. The van der Waals surface area contributed by atoms with Gasteiger partial charge in [0.15, 0.2) is 0 Å². The lowest BCUT2D eigenvalue weighted by atomic mass is 10.1. The first-order valence-electron chi connectivity index (χ1n) is 3.38. The Bertz CT molecular complexity index is 300. The normalized spacial score (nSPS) is 12.5. The number of carboxylic acid groups (broad SMARTS) is 1. The minimum atomic E-state index is -1.08. The molecule has 0 aliphatic rings. The number of aliphatic carboxylic acids is 1. The third-order valence-electron chi connectivity index (χ3n) is 1.55. The molecule has 0 radical (unpaired) electrons. The van der Waals surface area contributed by atoms with E-state index >= 15 is 0 Å². The Balaban J connectivity index is 3.02. The van der Waals surface area contributed by atoms with E-state index in [0.29, 0.717) is 11.3 Å². The highest BCUT2D eigenvalue weighted by molar-refractivity contribution is 5.75. The first-order chi connectivity index (χ1) is 5.63. The van der Waals surface area contributed by atoms with Gasteiger partial charge < -0.3 is 10.8 Å². The van der Waals surface area contributed by atoms with Crippen LogP contribution in [0.2, 0.25) is 0 Å². The van der Waals surface area contributed by atoms with E-state index in [1.807, 2.05) is 0 Å². The molecule has 1 heterocycles. The van der Waals surface area contributed by atoms with Crippen LogP contribution in [0.5, 0.6) is 0 Å². The maximum atomic E-state index is 10.5. The number of rotatable bonds is 2. The Morgan fingerprint density at radius 1 is 1.75 bits per heavy atom. The number of hydrogen-bond donors (Lipinski definition) is 2. The second kappa shape index (κ2) is 3.27. The Kier molecular flexibility index (Phi) is 2.35. The minimum absolute atomic E-state index is 0.449. The average Bonchev–Trinajstić information content (AvgIpc) is 2.04. The van der Waals surface area contributed by atoms with Crippen LogP contribution in [-0.2, 0) is 4.79 Å². The maximum Gasteiger partial charge on any atom is 0.325 e. The Morgan fingerprint density at radius 3 is 2.92 bits per heavy atom. The predicted octanol–water partition coefficient (Wildman–Crippen LogP) is -0.131. The SMILES string of the molecule is Cc1ncncc1C(N)C(=O)O. The smallest absolute Gasteiger partial charge is 0.325 e. The maximum absolute atomic E-state index is 10.5. The Morgan fingerprint density at radius 2 is 2.42 bits per heavy atom. The van der Waals surface area contributed by atoms with Crippen LogP contribution in [0, 0.1) is 6.92 Å². The summed E-state index contributed by atoms with van der Waals surface area (Å²) in [6.07, 6.45) is 2.77. The van der Waals surface area contributed by atoms with Crippen molar-refractivity contribution in [3.05, 3.63) is 23.8 Å². The molecule has 5 heteroatoms. The molecule has 0 aliphatic carbocycles. The first kappa shape index (κ1) is 8.61. The van der Waals surface area contributed by atoms with E-state index in [9.17, 15) is 4.79 Å². The molecule has 0 aromatic carbocycles. The van der Waals surface area contributed by atoms with Gasteiger partial charge in [-0.15, -0.1) is 0 Å². The summed E-state index contributed by atoms with van der Waals surface area (Å²) in [5.41, 5.74) is 6.41. The second-order valence-corrected chi connectivity index (χ2v) is 2.38. The molecular formula is C7H9N3O2. The summed E-state index contributed by atoms with van der Waals surface area (Å²) in [5.74, 6) is -1.08. The molecule has 1 rings (SSSR count). The highest BCUT2D eigenvalue weighted by Crippen LogP contribution is 2.11. The van der Waals surface area contributed by atoms with Gasteiger partial charge in [0, 0.05) is 17.5 Å². The second-order valence-electron chi connectivity index (χ2n) is 2.38. The van der Waals surface area contributed by atoms with Crippen molar-refractivity contribution in [2.75, 3.05) is 0 Å². The Labute approximate surface area is 69.3 Å². The zero-order valence-electron chi connectivity index (χ0n) is 6.56. The molecule has 12 heavy (non-hydrogen) atoms. The van der Waals surface area contributed by atoms with E-state index in [-0.39, 0.29) is 0 Å². The number of carboxylic acids is 1. The molecule has 0 bridgehead atoms. The number of carbonyl (C=O) groups is 1. The van der Waals surface area contributed by atoms with Crippen LogP contribution < -0.4 is 5.73 Å². The molecule has 1 atom stereocenters. The van der Waals surface area contributed by atoms with Crippen molar-refractivity contribution >= 4 is 5.97 Å². The summed E-state index contributed by atoms with van der Waals surface area (Å²) in [6, 6.07) is -1.04. The van der Waals surface area contributed by atoms with E-state index in [4.69, 9.17) is 10.8 Å². The van der Waals surface area contributed by atoms with Gasteiger partial charge in [-0.3, -0.25) is 4.79 Å². The number of nitrogens with zero attached hydrogens (tertiary/aromatic N) is 2. The van der Waals surface area contributed by atoms with Crippen LogP contribution in [-0.4, -0.2) is 21.0 Å². The Hall–Kier alpha value is -1.49. The van der Waals surface area contributed by atoms with Gasteiger partial charge in [-0.25, -0.2) is 9.97 Å². The van der Waals surface area contributed by atoms with Gasteiger partial charge in [-0.2, -0.15) is 0 Å². The van der Waals surface area contributed by atoms with Gasteiger partial charge in [0.2, 0.25) is 0 Å². The fourth-order valence-electron chi connectivity index (χ4n) is 0.840. The van der Waals surface area contributed by atoms with Crippen LogP contribution in [0.4, 0.5) is 0 Å². The van der Waals surface area contributed by atoms with E-state index in [0.717, 1.165) is 0 Å². The number of aryl methyl sites for hydroxylation is 1. The van der Waals surface area contributed by atoms with Crippen molar-refractivity contribution in [1.29, 1.82) is 0 Å². The van der Waals surface area contributed by atoms with Gasteiger partial charge >= 0.3 is 5.97 Å². The zero-order chi connectivity index (χ0) is 9.14. The molecular weight excluding hydrogens is 158 g/mol. The summed E-state index contributed by atoms with van der Waals surface area (Å²) in [6.45, 7) is 1.69. The molecule has 0 saturated carbocycles. The highest BCUT2D eigenvalue weighted by Gasteiger charge is 2.16. The molecule has 1 aromatic rings. The van der Waals surface area contributed by atoms with Gasteiger partial charge in [0.25, 0.3) is 0 Å². The molecule has 0 aliphatic heterocycles. The van der Waals surface area contributed by atoms with Crippen LogP contribution in [0.1, 0.15) is 17.3 Å². The van der Waals surface area contributed by atoms with Gasteiger partial charge in [-0.1, -0.05) is 0 Å². The van der Waals surface area contributed by atoms with Crippen LogP contribution in [0.3, 0.4) is 0 Å². The van der Waals surface area contributed by atoms with Gasteiger partial charge in [0.05, 0.1) is 0 Å². The first-order valence-corrected chi connectivity index (χ1v) is 3.38. The van der Waals surface area contributed by atoms with Crippen LogP contribution in [0.15, 0.2) is 12.5 Å². The number of nitrogens with two attached hydrogens (primary N) is 1. The summed E-state index contributed by atoms with van der Waals surface area (Å²) in [7, 11) is 0.